The lowest BCUT2D eigenvalue weighted by molar-refractivity contribution is 0.186. The van der Waals surface area contributed by atoms with Crippen LogP contribution in [-0.2, 0) is 6.42 Å². The van der Waals surface area contributed by atoms with Gasteiger partial charge in [-0.05, 0) is 43.5 Å². The van der Waals surface area contributed by atoms with Crippen LogP contribution in [0.3, 0.4) is 0 Å². The van der Waals surface area contributed by atoms with Gasteiger partial charge in [0.25, 0.3) is 0 Å². The average Bonchev–Trinajstić information content (AvgIpc) is 2.98. The highest BCUT2D eigenvalue weighted by Crippen LogP contribution is 2.12. The summed E-state index contributed by atoms with van der Waals surface area (Å²) in [5, 5.41) is 12.7. The Labute approximate surface area is 121 Å². The normalized spacial score (nSPS) is 18.6. The molecular weight excluding hydrogens is 252 g/mol. The summed E-state index contributed by atoms with van der Waals surface area (Å²) in [5.74, 6) is 0.899. The summed E-state index contributed by atoms with van der Waals surface area (Å²) in [7, 11) is 1.69. The molecule has 2 N–H and O–H groups in total. The molecule has 1 aliphatic heterocycles. The Bertz CT molecular complexity index is 375. The summed E-state index contributed by atoms with van der Waals surface area (Å²) >= 11 is 0. The minimum Gasteiger partial charge on any atom is -0.497 e. The molecule has 1 aliphatic rings. The molecule has 1 aromatic carbocycles. The smallest absolute Gasteiger partial charge is 0.118 e. The monoisotopic (exact) mass is 278 g/mol. The largest absolute Gasteiger partial charge is 0.497 e. The maximum absolute atomic E-state index is 9.20. The number of nitrogens with zero attached hydrogens (tertiary/aromatic N) is 1. The molecule has 0 radical (unpaired) electrons. The number of aliphatic hydroxyl groups excluding tert-OH is 1. The van der Waals surface area contributed by atoms with Gasteiger partial charge >= 0.3 is 0 Å². The van der Waals surface area contributed by atoms with E-state index in [1.165, 1.54) is 18.4 Å². The van der Waals surface area contributed by atoms with Crippen LogP contribution < -0.4 is 10.1 Å². The maximum Gasteiger partial charge on any atom is 0.118 e. The van der Waals surface area contributed by atoms with E-state index < -0.39 is 0 Å². The van der Waals surface area contributed by atoms with E-state index >= 15 is 0 Å². The Hall–Kier alpha value is -1.10. The highest BCUT2D eigenvalue weighted by molar-refractivity contribution is 5.27. The summed E-state index contributed by atoms with van der Waals surface area (Å²) in [5.41, 5.74) is 1.31. The molecule has 0 aliphatic carbocycles. The van der Waals surface area contributed by atoms with Crippen LogP contribution in [0.2, 0.25) is 0 Å². The van der Waals surface area contributed by atoms with E-state index in [4.69, 9.17) is 4.74 Å². The van der Waals surface area contributed by atoms with Crippen molar-refractivity contribution in [3.05, 3.63) is 29.8 Å². The zero-order valence-electron chi connectivity index (χ0n) is 12.3. The Balaban J connectivity index is 1.80. The zero-order chi connectivity index (χ0) is 14.2. The topological polar surface area (TPSA) is 44.7 Å². The van der Waals surface area contributed by atoms with E-state index in [0.717, 1.165) is 38.3 Å². The third kappa shape index (κ3) is 4.78. The van der Waals surface area contributed by atoms with Crippen LogP contribution in [0.25, 0.3) is 0 Å². The lowest BCUT2D eigenvalue weighted by Gasteiger charge is -2.24. The Morgan fingerprint density at radius 1 is 1.30 bits per heavy atom. The van der Waals surface area contributed by atoms with Crippen LogP contribution in [0.5, 0.6) is 5.75 Å². The first-order valence-corrected chi connectivity index (χ1v) is 7.51. The van der Waals surface area contributed by atoms with Crippen LogP contribution in [-0.4, -0.2) is 55.9 Å². The third-order valence-corrected chi connectivity index (χ3v) is 3.93. The van der Waals surface area contributed by atoms with Crippen molar-refractivity contribution in [2.45, 2.75) is 25.3 Å². The van der Waals surface area contributed by atoms with Crippen LogP contribution in [0.15, 0.2) is 24.3 Å². The van der Waals surface area contributed by atoms with Gasteiger partial charge in [0.05, 0.1) is 13.7 Å². The highest BCUT2D eigenvalue weighted by atomic mass is 16.5. The average molecular weight is 278 g/mol. The first-order chi connectivity index (χ1) is 9.81. The number of hydrogen-bond donors (Lipinski definition) is 2. The van der Waals surface area contributed by atoms with Crippen molar-refractivity contribution in [3.8, 4) is 5.75 Å². The van der Waals surface area contributed by atoms with E-state index in [9.17, 15) is 5.11 Å². The van der Waals surface area contributed by atoms with Crippen molar-refractivity contribution >= 4 is 0 Å². The molecule has 0 amide bonds. The van der Waals surface area contributed by atoms with Crippen molar-refractivity contribution in [1.82, 2.24) is 10.2 Å². The predicted molar refractivity (Wildman–Crippen MR) is 81.2 cm³/mol. The SMILES string of the molecule is COc1ccc(CCN(CCO)CC2CCCN2)cc1. The second-order valence-electron chi connectivity index (χ2n) is 5.42. The number of methoxy groups -OCH3 is 1. The molecule has 1 saturated heterocycles. The van der Waals surface area contributed by atoms with Gasteiger partial charge in [-0.3, -0.25) is 4.90 Å². The minimum atomic E-state index is 0.231. The van der Waals surface area contributed by atoms with E-state index in [0.29, 0.717) is 6.04 Å². The van der Waals surface area contributed by atoms with E-state index in [2.05, 4.69) is 22.3 Å². The molecule has 2 rings (SSSR count). The van der Waals surface area contributed by atoms with Gasteiger partial charge in [0, 0.05) is 25.7 Å². The van der Waals surface area contributed by atoms with Crippen LogP contribution >= 0.6 is 0 Å². The predicted octanol–water partition coefficient (Wildman–Crippen LogP) is 1.28. The summed E-state index contributed by atoms with van der Waals surface area (Å²) < 4.78 is 5.17. The van der Waals surface area contributed by atoms with Gasteiger partial charge in [0.1, 0.15) is 5.75 Å². The number of benzene rings is 1. The number of nitrogens with one attached hydrogen (secondary N) is 1. The van der Waals surface area contributed by atoms with Gasteiger partial charge in [-0.1, -0.05) is 12.1 Å². The first-order valence-electron chi connectivity index (χ1n) is 7.51. The van der Waals surface area contributed by atoms with Gasteiger partial charge in [-0.15, -0.1) is 0 Å². The number of aliphatic hydroxyl groups is 1. The number of ether oxygens (including phenoxy) is 1. The lowest BCUT2D eigenvalue weighted by Crippen LogP contribution is -2.40. The molecule has 1 atom stereocenters. The summed E-state index contributed by atoms with van der Waals surface area (Å²) in [6, 6.07) is 8.83. The summed E-state index contributed by atoms with van der Waals surface area (Å²) in [4.78, 5) is 2.35. The molecule has 1 aromatic rings. The Morgan fingerprint density at radius 3 is 2.70 bits per heavy atom. The molecular formula is C16H26N2O2. The molecule has 4 nitrogen and oxygen atoms in total. The maximum atomic E-state index is 9.20. The highest BCUT2D eigenvalue weighted by Gasteiger charge is 2.17. The quantitative estimate of drug-likeness (QED) is 0.752. The molecule has 1 unspecified atom stereocenters. The van der Waals surface area contributed by atoms with Crippen molar-refractivity contribution in [1.29, 1.82) is 0 Å². The second kappa shape index (κ2) is 8.25. The van der Waals surface area contributed by atoms with Crippen LogP contribution in [0.1, 0.15) is 18.4 Å². The van der Waals surface area contributed by atoms with Crippen LogP contribution in [0.4, 0.5) is 0 Å². The minimum absolute atomic E-state index is 0.231. The fraction of sp³-hybridized carbons (Fsp3) is 0.625. The molecule has 0 aromatic heterocycles. The first kappa shape index (κ1) is 15.3. The molecule has 1 fully saturated rings. The van der Waals surface area contributed by atoms with Crippen molar-refractivity contribution < 1.29 is 9.84 Å². The third-order valence-electron chi connectivity index (χ3n) is 3.93. The van der Waals surface area contributed by atoms with Crippen molar-refractivity contribution in [3.63, 3.8) is 0 Å². The fourth-order valence-corrected chi connectivity index (χ4v) is 2.74. The van der Waals surface area contributed by atoms with Gasteiger partial charge in [0.2, 0.25) is 0 Å². The molecule has 20 heavy (non-hydrogen) atoms. The standard InChI is InChI=1S/C16H26N2O2/c1-20-16-6-4-14(5-7-16)8-10-18(11-12-19)13-15-3-2-9-17-15/h4-7,15,17,19H,2-3,8-13H2,1H3. The summed E-state index contributed by atoms with van der Waals surface area (Å²) in [6.07, 6.45) is 3.54. The van der Waals surface area contributed by atoms with Gasteiger partial charge in [-0.25, -0.2) is 0 Å². The molecule has 0 saturated carbocycles. The number of hydrogen-bond acceptors (Lipinski definition) is 4. The molecule has 0 spiro atoms. The van der Waals surface area contributed by atoms with Crippen molar-refractivity contribution in [2.75, 3.05) is 39.9 Å². The fourth-order valence-electron chi connectivity index (χ4n) is 2.74. The van der Waals surface area contributed by atoms with E-state index in [1.54, 1.807) is 7.11 Å². The Morgan fingerprint density at radius 2 is 2.10 bits per heavy atom. The number of rotatable bonds is 8. The van der Waals surface area contributed by atoms with Gasteiger partial charge in [0.15, 0.2) is 0 Å². The van der Waals surface area contributed by atoms with Gasteiger partial charge in [-0.2, -0.15) is 0 Å². The summed E-state index contributed by atoms with van der Waals surface area (Å²) in [6.45, 7) is 4.15. The molecule has 0 bridgehead atoms. The van der Waals surface area contributed by atoms with Gasteiger partial charge < -0.3 is 15.2 Å². The second-order valence-corrected chi connectivity index (χ2v) is 5.42. The molecule has 4 heteroatoms. The molecule has 112 valence electrons. The van der Waals surface area contributed by atoms with E-state index in [1.807, 2.05) is 12.1 Å². The van der Waals surface area contributed by atoms with E-state index in [-0.39, 0.29) is 6.61 Å². The zero-order valence-corrected chi connectivity index (χ0v) is 12.3. The lowest BCUT2D eigenvalue weighted by atomic mass is 10.1. The van der Waals surface area contributed by atoms with Crippen molar-refractivity contribution in [2.24, 2.45) is 0 Å². The molecule has 1 heterocycles. The Kier molecular flexibility index (Phi) is 6.30. The van der Waals surface area contributed by atoms with Crippen LogP contribution in [0, 0.1) is 0 Å².